The van der Waals surface area contributed by atoms with Crippen LogP contribution in [0.5, 0.6) is 0 Å². The fraction of sp³-hybridized carbons (Fsp3) is 0.188. The van der Waals surface area contributed by atoms with Crippen LogP contribution in [0.3, 0.4) is 0 Å². The Morgan fingerprint density at radius 2 is 2.05 bits per heavy atom. The van der Waals surface area contributed by atoms with Gasteiger partial charge < -0.3 is 15.1 Å². The van der Waals surface area contributed by atoms with Crippen LogP contribution in [0.15, 0.2) is 59.2 Å². The second-order valence-corrected chi connectivity index (χ2v) is 4.62. The third kappa shape index (κ3) is 3.75. The highest BCUT2D eigenvalue weighted by atomic mass is 16.3. The molecule has 2 N–H and O–H groups in total. The van der Waals surface area contributed by atoms with Gasteiger partial charge in [-0.05, 0) is 31.2 Å². The zero-order valence-corrected chi connectivity index (χ0v) is 11.5. The first-order valence-electron chi connectivity index (χ1n) is 6.44. The average Bonchev–Trinajstić information content (AvgIpc) is 2.96. The van der Waals surface area contributed by atoms with Crippen LogP contribution in [0.1, 0.15) is 23.0 Å². The Morgan fingerprint density at radius 1 is 1.25 bits per heavy atom. The lowest BCUT2D eigenvalue weighted by Crippen LogP contribution is -2.23. The minimum atomic E-state index is -0.133. The van der Waals surface area contributed by atoms with Gasteiger partial charge in [-0.2, -0.15) is 0 Å². The highest BCUT2D eigenvalue weighted by Gasteiger charge is 2.10. The van der Waals surface area contributed by atoms with E-state index in [-0.39, 0.29) is 5.91 Å². The summed E-state index contributed by atoms with van der Waals surface area (Å²) in [6.07, 6.45) is 1.59. The number of hydrogen-bond donors (Lipinski definition) is 2. The maximum atomic E-state index is 12.2. The van der Waals surface area contributed by atoms with Crippen LogP contribution in [-0.2, 0) is 6.54 Å². The summed E-state index contributed by atoms with van der Waals surface area (Å²) in [6.45, 7) is 6.79. The van der Waals surface area contributed by atoms with Crippen LogP contribution in [-0.4, -0.2) is 12.5 Å². The van der Waals surface area contributed by atoms with Crippen molar-refractivity contribution in [1.29, 1.82) is 0 Å². The van der Waals surface area contributed by atoms with E-state index in [0.717, 1.165) is 17.0 Å². The highest BCUT2D eigenvalue weighted by molar-refractivity contribution is 5.99. The number of amides is 1. The van der Waals surface area contributed by atoms with Crippen molar-refractivity contribution in [3.63, 3.8) is 0 Å². The molecule has 2 aromatic rings. The van der Waals surface area contributed by atoms with E-state index in [4.69, 9.17) is 4.42 Å². The fourth-order valence-electron chi connectivity index (χ4n) is 1.76. The molecule has 2 rings (SSSR count). The molecule has 0 saturated carbocycles. The Bertz CT molecular complexity index is 588. The number of rotatable bonds is 6. The van der Waals surface area contributed by atoms with Crippen molar-refractivity contribution in [1.82, 2.24) is 5.32 Å². The predicted octanol–water partition coefficient (Wildman–Crippen LogP) is 3.20. The molecule has 0 radical (unpaired) electrons. The number of carbonyl (C=O) groups excluding carboxylic acids is 1. The third-order valence-corrected chi connectivity index (χ3v) is 2.76. The van der Waals surface area contributed by atoms with Gasteiger partial charge >= 0.3 is 0 Å². The average molecular weight is 270 g/mol. The summed E-state index contributed by atoms with van der Waals surface area (Å²) >= 11 is 0. The largest absolute Gasteiger partial charge is 0.467 e. The topological polar surface area (TPSA) is 54.3 Å². The first kappa shape index (κ1) is 13.9. The van der Waals surface area contributed by atoms with E-state index in [2.05, 4.69) is 17.2 Å². The van der Waals surface area contributed by atoms with Crippen molar-refractivity contribution in [3.8, 4) is 0 Å². The van der Waals surface area contributed by atoms with Crippen molar-refractivity contribution < 1.29 is 9.21 Å². The Morgan fingerprint density at radius 3 is 2.75 bits per heavy atom. The fourth-order valence-corrected chi connectivity index (χ4v) is 1.76. The Balaban J connectivity index is 2.03. The highest BCUT2D eigenvalue weighted by Crippen LogP contribution is 2.15. The SMILES string of the molecule is C=C(C)CNc1ccccc1C(=O)NCc1ccco1. The molecule has 0 spiro atoms. The monoisotopic (exact) mass is 270 g/mol. The van der Waals surface area contributed by atoms with E-state index < -0.39 is 0 Å². The normalized spacial score (nSPS) is 10.1. The van der Waals surface area contributed by atoms with Crippen molar-refractivity contribution in [3.05, 3.63) is 66.1 Å². The quantitative estimate of drug-likeness (QED) is 0.793. The lowest BCUT2D eigenvalue weighted by Gasteiger charge is -2.11. The van der Waals surface area contributed by atoms with Crippen molar-refractivity contribution in [2.45, 2.75) is 13.5 Å². The summed E-state index contributed by atoms with van der Waals surface area (Å²) in [6, 6.07) is 11.0. The van der Waals surface area contributed by atoms with Crippen LogP contribution in [0.25, 0.3) is 0 Å². The summed E-state index contributed by atoms with van der Waals surface area (Å²) in [7, 11) is 0. The summed E-state index contributed by atoms with van der Waals surface area (Å²) in [4.78, 5) is 12.2. The van der Waals surface area contributed by atoms with E-state index in [1.807, 2.05) is 31.2 Å². The minimum Gasteiger partial charge on any atom is -0.467 e. The van der Waals surface area contributed by atoms with Gasteiger partial charge in [0.1, 0.15) is 5.76 Å². The second kappa shape index (κ2) is 6.61. The van der Waals surface area contributed by atoms with Crippen molar-refractivity contribution in [2.75, 3.05) is 11.9 Å². The summed E-state index contributed by atoms with van der Waals surface area (Å²) in [5.74, 6) is 0.594. The number of hydrogen-bond acceptors (Lipinski definition) is 3. The first-order valence-corrected chi connectivity index (χ1v) is 6.44. The molecule has 1 aromatic carbocycles. The smallest absolute Gasteiger partial charge is 0.253 e. The van der Waals surface area contributed by atoms with Gasteiger partial charge in [0.2, 0.25) is 0 Å². The lowest BCUT2D eigenvalue weighted by molar-refractivity contribution is 0.0949. The zero-order chi connectivity index (χ0) is 14.4. The van der Waals surface area contributed by atoms with Crippen molar-refractivity contribution in [2.24, 2.45) is 0 Å². The Kier molecular flexibility index (Phi) is 4.60. The van der Waals surface area contributed by atoms with Gasteiger partial charge in [0.25, 0.3) is 5.91 Å². The molecule has 0 unspecified atom stereocenters. The maximum Gasteiger partial charge on any atom is 0.253 e. The molecule has 0 bridgehead atoms. The Hall–Kier alpha value is -2.49. The van der Waals surface area contributed by atoms with Crippen LogP contribution in [0, 0.1) is 0 Å². The molecular formula is C16H18N2O2. The molecule has 0 saturated heterocycles. The molecule has 104 valence electrons. The molecule has 0 atom stereocenters. The molecule has 4 nitrogen and oxygen atoms in total. The number of anilines is 1. The third-order valence-electron chi connectivity index (χ3n) is 2.76. The zero-order valence-electron chi connectivity index (χ0n) is 11.5. The molecule has 1 heterocycles. The van der Waals surface area contributed by atoms with Gasteiger partial charge in [-0.25, -0.2) is 0 Å². The van der Waals surface area contributed by atoms with Gasteiger partial charge in [0.15, 0.2) is 0 Å². The van der Waals surface area contributed by atoms with Crippen LogP contribution in [0.4, 0.5) is 5.69 Å². The number of nitrogens with one attached hydrogen (secondary N) is 2. The number of para-hydroxylation sites is 1. The molecule has 20 heavy (non-hydrogen) atoms. The van der Waals surface area contributed by atoms with Crippen LogP contribution < -0.4 is 10.6 Å². The van der Waals surface area contributed by atoms with E-state index in [0.29, 0.717) is 18.7 Å². The number of carbonyl (C=O) groups is 1. The molecule has 0 aliphatic rings. The van der Waals surface area contributed by atoms with Gasteiger partial charge in [0.05, 0.1) is 18.4 Å². The van der Waals surface area contributed by atoms with Gasteiger partial charge in [-0.1, -0.05) is 24.3 Å². The van der Waals surface area contributed by atoms with E-state index in [1.54, 1.807) is 18.4 Å². The standard InChI is InChI=1S/C16H18N2O2/c1-12(2)10-17-15-8-4-3-7-14(15)16(19)18-11-13-6-5-9-20-13/h3-9,17H,1,10-11H2,2H3,(H,18,19). The van der Waals surface area contributed by atoms with E-state index in [1.165, 1.54) is 0 Å². The van der Waals surface area contributed by atoms with Gasteiger partial charge in [-0.15, -0.1) is 0 Å². The number of benzene rings is 1. The Labute approximate surface area is 118 Å². The maximum absolute atomic E-state index is 12.2. The molecule has 1 amide bonds. The molecule has 4 heteroatoms. The van der Waals surface area contributed by atoms with Crippen LogP contribution in [0.2, 0.25) is 0 Å². The van der Waals surface area contributed by atoms with E-state index in [9.17, 15) is 4.79 Å². The van der Waals surface area contributed by atoms with Crippen molar-refractivity contribution >= 4 is 11.6 Å². The van der Waals surface area contributed by atoms with Crippen LogP contribution >= 0.6 is 0 Å². The second-order valence-electron chi connectivity index (χ2n) is 4.62. The molecular weight excluding hydrogens is 252 g/mol. The molecule has 1 aromatic heterocycles. The van der Waals surface area contributed by atoms with E-state index >= 15 is 0 Å². The van der Waals surface area contributed by atoms with Gasteiger partial charge in [0, 0.05) is 12.2 Å². The predicted molar refractivity (Wildman–Crippen MR) is 79.6 cm³/mol. The minimum absolute atomic E-state index is 0.133. The summed E-state index contributed by atoms with van der Waals surface area (Å²) in [5.41, 5.74) is 2.42. The lowest BCUT2D eigenvalue weighted by atomic mass is 10.1. The molecule has 0 aliphatic heterocycles. The first-order chi connectivity index (χ1) is 9.66. The van der Waals surface area contributed by atoms with Gasteiger partial charge in [-0.3, -0.25) is 4.79 Å². The summed E-state index contributed by atoms with van der Waals surface area (Å²) < 4.78 is 5.19. The summed E-state index contributed by atoms with van der Waals surface area (Å²) in [5, 5.41) is 6.04. The molecule has 0 aliphatic carbocycles. The number of furan rings is 1. The molecule has 0 fully saturated rings.